The van der Waals surface area contributed by atoms with Crippen molar-refractivity contribution < 1.29 is 0 Å². The molecule has 1 aliphatic carbocycles. The predicted octanol–water partition coefficient (Wildman–Crippen LogP) is 4.54. The van der Waals surface area contributed by atoms with E-state index < -0.39 is 0 Å². The molecule has 1 aromatic carbocycles. The van der Waals surface area contributed by atoms with Crippen LogP contribution < -0.4 is 0 Å². The van der Waals surface area contributed by atoms with Crippen LogP contribution in [0, 0.1) is 5.92 Å². The van der Waals surface area contributed by atoms with Gasteiger partial charge in [0, 0.05) is 5.54 Å². The number of benzene rings is 1. The fourth-order valence-corrected chi connectivity index (χ4v) is 2.67. The highest BCUT2D eigenvalue weighted by Crippen LogP contribution is 2.32. The van der Waals surface area contributed by atoms with E-state index in [-0.39, 0.29) is 0 Å². The van der Waals surface area contributed by atoms with E-state index in [4.69, 9.17) is 11.6 Å². The number of hydrogen-bond donors (Lipinski definition) is 0. The summed E-state index contributed by atoms with van der Waals surface area (Å²) >= 11 is 5.88. The zero-order valence-electron chi connectivity index (χ0n) is 8.95. The van der Waals surface area contributed by atoms with Crippen molar-refractivity contribution in [2.75, 3.05) is 0 Å². The third-order valence-electron chi connectivity index (χ3n) is 3.26. The Kier molecular flexibility index (Phi) is 3.85. The SMILES string of the molecule is Cl/C=C1\CCCCC1Cc1ccccc1. The second kappa shape index (κ2) is 5.37. The van der Waals surface area contributed by atoms with Crippen LogP contribution in [0.4, 0.5) is 0 Å². The largest absolute Gasteiger partial charge is 0.0930 e. The van der Waals surface area contributed by atoms with Gasteiger partial charge >= 0.3 is 0 Å². The summed E-state index contributed by atoms with van der Waals surface area (Å²) in [7, 11) is 0. The molecule has 0 heterocycles. The van der Waals surface area contributed by atoms with Crippen molar-refractivity contribution >= 4 is 11.6 Å². The number of allylic oxidation sites excluding steroid dienone is 1. The highest BCUT2D eigenvalue weighted by Gasteiger charge is 2.18. The lowest BCUT2D eigenvalue weighted by atomic mass is 9.81. The number of rotatable bonds is 2. The Morgan fingerprint density at radius 3 is 2.73 bits per heavy atom. The van der Waals surface area contributed by atoms with Crippen molar-refractivity contribution in [3.8, 4) is 0 Å². The molecule has 80 valence electrons. The Morgan fingerprint density at radius 2 is 2.00 bits per heavy atom. The van der Waals surface area contributed by atoms with E-state index in [9.17, 15) is 0 Å². The van der Waals surface area contributed by atoms with E-state index in [0.717, 1.165) is 6.42 Å². The first-order valence-electron chi connectivity index (χ1n) is 5.73. The fourth-order valence-electron chi connectivity index (χ4n) is 2.38. The third-order valence-corrected chi connectivity index (χ3v) is 3.54. The molecule has 0 saturated heterocycles. The second-order valence-electron chi connectivity index (χ2n) is 4.32. The number of halogens is 1. The van der Waals surface area contributed by atoms with Gasteiger partial charge in [0.2, 0.25) is 0 Å². The van der Waals surface area contributed by atoms with Gasteiger partial charge in [-0.05, 0) is 37.2 Å². The van der Waals surface area contributed by atoms with E-state index >= 15 is 0 Å². The van der Waals surface area contributed by atoms with Crippen LogP contribution in [-0.4, -0.2) is 0 Å². The lowest BCUT2D eigenvalue weighted by Gasteiger charge is -2.24. The molecule has 1 aromatic rings. The minimum absolute atomic E-state index is 0.679. The molecule has 0 radical (unpaired) electrons. The molecule has 0 aromatic heterocycles. The van der Waals surface area contributed by atoms with Crippen LogP contribution in [0.25, 0.3) is 0 Å². The Balaban J connectivity index is 2.04. The summed E-state index contributed by atoms with van der Waals surface area (Å²) in [4.78, 5) is 0. The van der Waals surface area contributed by atoms with Gasteiger partial charge in [-0.1, -0.05) is 53.9 Å². The molecule has 1 atom stereocenters. The lowest BCUT2D eigenvalue weighted by Crippen LogP contribution is -2.12. The van der Waals surface area contributed by atoms with Gasteiger partial charge in [0.15, 0.2) is 0 Å². The first-order valence-corrected chi connectivity index (χ1v) is 6.17. The molecular weight excluding hydrogens is 204 g/mol. The normalized spacial score (nSPS) is 24.3. The molecule has 1 heteroatoms. The first-order chi connectivity index (χ1) is 7.40. The monoisotopic (exact) mass is 220 g/mol. The molecule has 1 fully saturated rings. The molecule has 0 aliphatic heterocycles. The van der Waals surface area contributed by atoms with Crippen LogP contribution >= 0.6 is 11.6 Å². The van der Waals surface area contributed by atoms with E-state index in [0.29, 0.717) is 5.92 Å². The van der Waals surface area contributed by atoms with Gasteiger partial charge in [0.25, 0.3) is 0 Å². The van der Waals surface area contributed by atoms with Gasteiger partial charge in [-0.25, -0.2) is 0 Å². The smallest absolute Gasteiger partial charge is 0.00373 e. The Labute approximate surface area is 97.0 Å². The van der Waals surface area contributed by atoms with Crippen molar-refractivity contribution in [2.24, 2.45) is 5.92 Å². The van der Waals surface area contributed by atoms with Crippen LogP contribution in [0.2, 0.25) is 0 Å². The standard InChI is InChI=1S/C14H17Cl/c15-11-14-9-5-4-8-13(14)10-12-6-2-1-3-7-12/h1-3,6-7,11,13H,4-5,8-10H2/b14-11+. The lowest BCUT2D eigenvalue weighted by molar-refractivity contribution is 0.452. The van der Waals surface area contributed by atoms with Crippen molar-refractivity contribution in [2.45, 2.75) is 32.1 Å². The molecule has 0 amide bonds. The van der Waals surface area contributed by atoms with Crippen molar-refractivity contribution in [3.63, 3.8) is 0 Å². The Bertz CT molecular complexity index is 326. The van der Waals surface area contributed by atoms with Crippen molar-refractivity contribution in [1.29, 1.82) is 0 Å². The maximum atomic E-state index is 5.88. The van der Waals surface area contributed by atoms with Crippen molar-refractivity contribution in [1.82, 2.24) is 0 Å². The van der Waals surface area contributed by atoms with Crippen LogP contribution in [0.3, 0.4) is 0 Å². The Morgan fingerprint density at radius 1 is 1.20 bits per heavy atom. The summed E-state index contributed by atoms with van der Waals surface area (Å²) in [6.45, 7) is 0. The summed E-state index contributed by atoms with van der Waals surface area (Å²) in [5.74, 6) is 0.679. The molecule has 2 rings (SSSR count). The van der Waals surface area contributed by atoms with E-state index in [2.05, 4.69) is 30.3 Å². The minimum atomic E-state index is 0.679. The molecule has 1 unspecified atom stereocenters. The predicted molar refractivity (Wildman–Crippen MR) is 66.0 cm³/mol. The van der Waals surface area contributed by atoms with Crippen LogP contribution in [0.15, 0.2) is 41.4 Å². The maximum Gasteiger partial charge on any atom is 0.00373 e. The highest BCUT2D eigenvalue weighted by molar-refractivity contribution is 6.25. The summed E-state index contributed by atoms with van der Waals surface area (Å²) in [6.07, 6.45) is 6.31. The zero-order valence-corrected chi connectivity index (χ0v) is 9.71. The van der Waals surface area contributed by atoms with Gasteiger partial charge in [-0.2, -0.15) is 0 Å². The van der Waals surface area contributed by atoms with Crippen molar-refractivity contribution in [3.05, 3.63) is 47.0 Å². The van der Waals surface area contributed by atoms with Gasteiger partial charge in [0.1, 0.15) is 0 Å². The molecule has 0 spiro atoms. The minimum Gasteiger partial charge on any atom is -0.0930 e. The average molecular weight is 221 g/mol. The van der Waals surface area contributed by atoms with Gasteiger partial charge < -0.3 is 0 Å². The van der Waals surface area contributed by atoms with Crippen LogP contribution in [0.1, 0.15) is 31.2 Å². The van der Waals surface area contributed by atoms with Crippen LogP contribution in [-0.2, 0) is 6.42 Å². The maximum absolute atomic E-state index is 5.88. The molecule has 1 aliphatic rings. The summed E-state index contributed by atoms with van der Waals surface area (Å²) in [5.41, 5.74) is 4.69. The molecule has 0 N–H and O–H groups in total. The summed E-state index contributed by atoms with van der Waals surface area (Å²) in [5, 5.41) is 0. The zero-order chi connectivity index (χ0) is 10.5. The van der Waals surface area contributed by atoms with Crippen LogP contribution in [0.5, 0.6) is 0 Å². The Hall–Kier alpha value is -0.750. The quantitative estimate of drug-likeness (QED) is 0.687. The van der Waals surface area contributed by atoms with E-state index in [1.54, 1.807) is 0 Å². The molecule has 1 saturated carbocycles. The third kappa shape index (κ3) is 2.85. The topological polar surface area (TPSA) is 0 Å². The average Bonchev–Trinajstić information content (AvgIpc) is 2.31. The van der Waals surface area contributed by atoms with E-state index in [1.807, 2.05) is 5.54 Å². The summed E-state index contributed by atoms with van der Waals surface area (Å²) in [6, 6.07) is 10.7. The summed E-state index contributed by atoms with van der Waals surface area (Å²) < 4.78 is 0. The van der Waals surface area contributed by atoms with E-state index in [1.165, 1.54) is 36.8 Å². The second-order valence-corrected chi connectivity index (χ2v) is 4.53. The molecule has 0 bridgehead atoms. The van der Waals surface area contributed by atoms with Gasteiger partial charge in [0.05, 0.1) is 0 Å². The molecule has 15 heavy (non-hydrogen) atoms. The molecule has 0 nitrogen and oxygen atoms in total. The number of hydrogen-bond acceptors (Lipinski definition) is 0. The fraction of sp³-hybridized carbons (Fsp3) is 0.429. The van der Waals surface area contributed by atoms with Gasteiger partial charge in [-0.3, -0.25) is 0 Å². The first kappa shape index (κ1) is 10.8. The highest BCUT2D eigenvalue weighted by atomic mass is 35.5. The van der Waals surface area contributed by atoms with Gasteiger partial charge in [-0.15, -0.1) is 0 Å². The molecular formula is C14H17Cl.